The number of nitrogen functional groups attached to an aromatic ring is 1. The molecule has 0 aliphatic carbocycles. The first-order valence-corrected chi connectivity index (χ1v) is 4.84. The van der Waals surface area contributed by atoms with E-state index in [-0.39, 0.29) is 0 Å². The second kappa shape index (κ2) is 2.74. The van der Waals surface area contributed by atoms with Crippen molar-refractivity contribution >= 4 is 13.3 Å². The Morgan fingerprint density at radius 1 is 1.23 bits per heavy atom. The molecule has 0 aliphatic rings. The summed E-state index contributed by atoms with van der Waals surface area (Å²) in [7, 11) is -4.61. The minimum Gasteiger partial charge on any atom is -0.395 e. The molecule has 0 saturated carbocycles. The normalized spacial score (nSPS) is 14.7. The molecule has 1 aromatic rings. The third kappa shape index (κ3) is 1.42. The number of hydrogen-bond donors (Lipinski definition) is 4. The minimum atomic E-state index is -4.61. The SMILES string of the molecule is Nc1c(C(N)P(=O)(O)O)c(=O)c1=O. The largest absolute Gasteiger partial charge is 0.395 e. The Hall–Kier alpha value is -1.01. The van der Waals surface area contributed by atoms with E-state index in [1.54, 1.807) is 0 Å². The van der Waals surface area contributed by atoms with Gasteiger partial charge in [0.1, 0.15) is 5.78 Å². The standard InChI is InChI=1S/C5H7N2O5P/c6-2-1(3(8)4(2)9)5(7)13(10,11)12/h5H,6-7H2,(H2,10,11,12). The van der Waals surface area contributed by atoms with Crippen molar-refractivity contribution in [2.24, 2.45) is 5.73 Å². The Balaban J connectivity index is 3.21. The lowest BCUT2D eigenvalue weighted by Crippen LogP contribution is -2.41. The van der Waals surface area contributed by atoms with Gasteiger partial charge in [0.25, 0.3) is 0 Å². The van der Waals surface area contributed by atoms with Gasteiger partial charge in [-0.15, -0.1) is 0 Å². The van der Waals surface area contributed by atoms with Gasteiger partial charge in [0.2, 0.25) is 10.9 Å². The summed E-state index contributed by atoms with van der Waals surface area (Å²) in [6.07, 6.45) is 0. The molecule has 0 aromatic heterocycles. The van der Waals surface area contributed by atoms with Crippen LogP contribution in [0.3, 0.4) is 0 Å². The molecule has 0 radical (unpaired) electrons. The first-order chi connectivity index (χ1) is 5.76. The highest BCUT2D eigenvalue weighted by Gasteiger charge is 2.34. The van der Waals surface area contributed by atoms with Crippen LogP contribution in [0.1, 0.15) is 11.3 Å². The maximum atomic E-state index is 10.7. The fraction of sp³-hybridized carbons (Fsp3) is 0.200. The Labute approximate surface area is 71.8 Å². The number of rotatable bonds is 2. The van der Waals surface area contributed by atoms with Crippen LogP contribution in [0.25, 0.3) is 0 Å². The van der Waals surface area contributed by atoms with Gasteiger partial charge in [0, 0.05) is 0 Å². The Morgan fingerprint density at radius 3 is 2.00 bits per heavy atom. The first-order valence-electron chi connectivity index (χ1n) is 3.16. The van der Waals surface area contributed by atoms with E-state index < -0.39 is 35.5 Å². The summed E-state index contributed by atoms with van der Waals surface area (Å²) in [5.41, 5.74) is 7.17. The number of hydrogen-bond acceptors (Lipinski definition) is 5. The molecule has 1 atom stereocenters. The van der Waals surface area contributed by atoms with Crippen molar-refractivity contribution in [1.29, 1.82) is 0 Å². The molecule has 0 bridgehead atoms. The maximum Gasteiger partial charge on any atom is 0.346 e. The van der Waals surface area contributed by atoms with Crippen LogP contribution in [0.15, 0.2) is 9.59 Å². The van der Waals surface area contributed by atoms with Crippen LogP contribution in [-0.2, 0) is 4.57 Å². The van der Waals surface area contributed by atoms with Crippen molar-refractivity contribution < 1.29 is 14.4 Å². The van der Waals surface area contributed by atoms with Crippen LogP contribution in [0.5, 0.6) is 0 Å². The molecule has 72 valence electrons. The quantitative estimate of drug-likeness (QED) is 0.323. The van der Waals surface area contributed by atoms with E-state index in [0.29, 0.717) is 0 Å². The molecule has 0 aliphatic heterocycles. The molecular weight excluding hydrogens is 199 g/mol. The Bertz CT molecular complexity index is 453. The summed E-state index contributed by atoms with van der Waals surface area (Å²) in [4.78, 5) is 38.5. The number of anilines is 1. The van der Waals surface area contributed by atoms with Crippen LogP contribution in [-0.4, -0.2) is 9.79 Å². The average molecular weight is 206 g/mol. The van der Waals surface area contributed by atoms with Gasteiger partial charge in [0.05, 0.1) is 11.3 Å². The summed E-state index contributed by atoms with van der Waals surface area (Å²) in [6, 6.07) is 0. The second-order valence-electron chi connectivity index (χ2n) is 2.52. The highest BCUT2D eigenvalue weighted by Crippen LogP contribution is 2.48. The van der Waals surface area contributed by atoms with Crippen molar-refractivity contribution in [2.75, 3.05) is 5.73 Å². The summed E-state index contributed by atoms with van der Waals surface area (Å²) < 4.78 is 10.6. The summed E-state index contributed by atoms with van der Waals surface area (Å²) in [6.45, 7) is 0. The van der Waals surface area contributed by atoms with Crippen LogP contribution in [0, 0.1) is 0 Å². The van der Waals surface area contributed by atoms with E-state index in [2.05, 4.69) is 0 Å². The van der Waals surface area contributed by atoms with Crippen LogP contribution in [0.4, 0.5) is 5.69 Å². The van der Waals surface area contributed by atoms with E-state index >= 15 is 0 Å². The molecule has 0 saturated heterocycles. The second-order valence-corrected chi connectivity index (χ2v) is 4.25. The van der Waals surface area contributed by atoms with E-state index in [4.69, 9.17) is 21.3 Å². The molecule has 0 amide bonds. The van der Waals surface area contributed by atoms with Gasteiger partial charge in [0.15, 0.2) is 0 Å². The smallest absolute Gasteiger partial charge is 0.346 e. The van der Waals surface area contributed by atoms with Crippen LogP contribution < -0.4 is 22.3 Å². The fourth-order valence-corrected chi connectivity index (χ4v) is 1.48. The number of nitrogens with two attached hydrogens (primary N) is 2. The lowest BCUT2D eigenvalue weighted by Gasteiger charge is -2.15. The molecule has 1 aromatic carbocycles. The Morgan fingerprint density at radius 2 is 1.69 bits per heavy atom. The molecule has 13 heavy (non-hydrogen) atoms. The van der Waals surface area contributed by atoms with Crippen LogP contribution in [0.2, 0.25) is 0 Å². The summed E-state index contributed by atoms with van der Waals surface area (Å²) >= 11 is 0. The average Bonchev–Trinajstić information content (AvgIpc) is 2.02. The molecule has 7 nitrogen and oxygen atoms in total. The van der Waals surface area contributed by atoms with Gasteiger partial charge >= 0.3 is 7.60 Å². The van der Waals surface area contributed by atoms with Crippen molar-refractivity contribution in [2.45, 2.75) is 5.78 Å². The van der Waals surface area contributed by atoms with Crippen molar-refractivity contribution in [3.63, 3.8) is 0 Å². The molecule has 0 fully saturated rings. The molecule has 6 N–H and O–H groups in total. The van der Waals surface area contributed by atoms with E-state index in [1.165, 1.54) is 0 Å². The summed E-state index contributed by atoms with van der Waals surface area (Å²) in [5.74, 6) is -1.79. The third-order valence-corrected chi connectivity index (χ3v) is 2.63. The van der Waals surface area contributed by atoms with E-state index in [9.17, 15) is 14.2 Å². The maximum absolute atomic E-state index is 10.7. The van der Waals surface area contributed by atoms with Gasteiger partial charge in [-0.1, -0.05) is 0 Å². The molecule has 1 rings (SSSR count). The van der Waals surface area contributed by atoms with E-state index in [1.807, 2.05) is 0 Å². The Kier molecular flexibility index (Phi) is 2.13. The predicted molar refractivity (Wildman–Crippen MR) is 44.7 cm³/mol. The van der Waals surface area contributed by atoms with E-state index in [0.717, 1.165) is 0 Å². The zero-order chi connectivity index (χ0) is 10.4. The zero-order valence-corrected chi connectivity index (χ0v) is 7.19. The monoisotopic (exact) mass is 206 g/mol. The third-order valence-electron chi connectivity index (χ3n) is 1.64. The fourth-order valence-electron chi connectivity index (χ4n) is 0.889. The molecular formula is C5H7N2O5P. The lowest BCUT2D eigenvalue weighted by atomic mass is 10.1. The lowest BCUT2D eigenvalue weighted by molar-refractivity contribution is 0.359. The van der Waals surface area contributed by atoms with Crippen molar-refractivity contribution in [3.05, 3.63) is 26.0 Å². The first kappa shape index (κ1) is 10.1. The van der Waals surface area contributed by atoms with Gasteiger partial charge in [-0.2, -0.15) is 0 Å². The predicted octanol–water partition coefficient (Wildman–Crippen LogP) is -2.00. The zero-order valence-electron chi connectivity index (χ0n) is 6.30. The topological polar surface area (TPSA) is 144 Å². The molecule has 8 heteroatoms. The van der Waals surface area contributed by atoms with Gasteiger partial charge in [-0.3, -0.25) is 14.2 Å². The molecule has 0 spiro atoms. The van der Waals surface area contributed by atoms with Crippen molar-refractivity contribution in [1.82, 2.24) is 0 Å². The van der Waals surface area contributed by atoms with Gasteiger partial charge in [-0.05, 0) is 0 Å². The summed E-state index contributed by atoms with van der Waals surface area (Å²) in [5, 5.41) is 0. The highest BCUT2D eigenvalue weighted by molar-refractivity contribution is 7.52. The van der Waals surface area contributed by atoms with Gasteiger partial charge < -0.3 is 21.3 Å². The molecule has 0 heterocycles. The van der Waals surface area contributed by atoms with Crippen LogP contribution >= 0.6 is 7.60 Å². The minimum absolute atomic E-state index is 0.458. The highest BCUT2D eigenvalue weighted by atomic mass is 31.2. The van der Waals surface area contributed by atoms with Gasteiger partial charge in [-0.25, -0.2) is 0 Å². The van der Waals surface area contributed by atoms with Crippen molar-refractivity contribution in [3.8, 4) is 0 Å². The molecule has 1 unspecified atom stereocenters.